The van der Waals surface area contributed by atoms with Crippen molar-refractivity contribution in [2.75, 3.05) is 6.54 Å². The fourth-order valence-electron chi connectivity index (χ4n) is 2.43. The predicted molar refractivity (Wildman–Crippen MR) is 81.1 cm³/mol. The van der Waals surface area contributed by atoms with Gasteiger partial charge in [-0.05, 0) is 43.4 Å². The SMILES string of the molecule is O=C(NCC1CCCC(Br)C1)c1cc(F)cc(Br)c1. The van der Waals surface area contributed by atoms with Gasteiger partial charge in [-0.15, -0.1) is 0 Å². The molecule has 1 saturated carbocycles. The van der Waals surface area contributed by atoms with Crippen LogP contribution in [0.3, 0.4) is 0 Å². The van der Waals surface area contributed by atoms with Crippen LogP contribution in [0.5, 0.6) is 0 Å². The molecule has 2 unspecified atom stereocenters. The van der Waals surface area contributed by atoms with Gasteiger partial charge in [0.05, 0.1) is 0 Å². The Kier molecular flexibility index (Phi) is 5.39. The minimum atomic E-state index is -0.405. The number of hydrogen-bond donors (Lipinski definition) is 1. The Labute approximate surface area is 129 Å². The molecule has 104 valence electrons. The molecule has 1 aliphatic rings. The summed E-state index contributed by atoms with van der Waals surface area (Å²) in [6, 6.07) is 4.23. The molecule has 0 radical (unpaired) electrons. The maximum atomic E-state index is 13.2. The van der Waals surface area contributed by atoms with E-state index in [0.717, 1.165) is 12.8 Å². The van der Waals surface area contributed by atoms with Crippen molar-refractivity contribution in [3.63, 3.8) is 0 Å². The van der Waals surface area contributed by atoms with Crippen LogP contribution < -0.4 is 5.32 Å². The number of carbonyl (C=O) groups excluding carboxylic acids is 1. The standard InChI is InChI=1S/C14H16Br2FNO/c15-11-3-1-2-9(4-11)8-18-14(19)10-5-12(16)7-13(17)6-10/h5-7,9,11H,1-4,8H2,(H,18,19). The van der Waals surface area contributed by atoms with Crippen LogP contribution in [0.1, 0.15) is 36.0 Å². The zero-order valence-corrected chi connectivity index (χ0v) is 13.6. The number of halogens is 3. The Hall–Kier alpha value is -0.420. The van der Waals surface area contributed by atoms with Gasteiger partial charge in [0.1, 0.15) is 5.82 Å². The molecule has 0 aliphatic heterocycles. The second-order valence-corrected chi connectivity index (χ2v) is 7.21. The summed E-state index contributed by atoms with van der Waals surface area (Å²) in [5.74, 6) is -0.103. The van der Waals surface area contributed by atoms with E-state index in [1.807, 2.05) is 0 Å². The highest BCUT2D eigenvalue weighted by atomic mass is 79.9. The van der Waals surface area contributed by atoms with E-state index < -0.39 is 5.82 Å². The molecule has 0 saturated heterocycles. The van der Waals surface area contributed by atoms with Gasteiger partial charge in [0, 0.05) is 21.4 Å². The van der Waals surface area contributed by atoms with Crippen LogP contribution in [-0.2, 0) is 0 Å². The largest absolute Gasteiger partial charge is 0.352 e. The molecule has 0 heterocycles. The molecular weight excluding hydrogens is 377 g/mol. The van der Waals surface area contributed by atoms with Crippen molar-refractivity contribution >= 4 is 37.8 Å². The van der Waals surface area contributed by atoms with Crippen molar-refractivity contribution in [3.8, 4) is 0 Å². The van der Waals surface area contributed by atoms with Crippen LogP contribution in [0.2, 0.25) is 0 Å². The van der Waals surface area contributed by atoms with E-state index in [2.05, 4.69) is 37.2 Å². The zero-order valence-electron chi connectivity index (χ0n) is 10.5. The van der Waals surface area contributed by atoms with Crippen molar-refractivity contribution < 1.29 is 9.18 Å². The van der Waals surface area contributed by atoms with Gasteiger partial charge in [0.25, 0.3) is 5.91 Å². The quantitative estimate of drug-likeness (QED) is 0.764. The molecule has 1 aliphatic carbocycles. The second kappa shape index (κ2) is 6.84. The van der Waals surface area contributed by atoms with Crippen LogP contribution in [0.4, 0.5) is 4.39 Å². The third kappa shape index (κ3) is 4.56. The second-order valence-electron chi connectivity index (χ2n) is 5.00. The van der Waals surface area contributed by atoms with E-state index in [1.165, 1.54) is 25.0 Å². The summed E-state index contributed by atoms with van der Waals surface area (Å²) in [6.07, 6.45) is 4.64. The lowest BCUT2D eigenvalue weighted by Gasteiger charge is -2.25. The van der Waals surface area contributed by atoms with Crippen LogP contribution in [-0.4, -0.2) is 17.3 Å². The summed E-state index contributed by atoms with van der Waals surface area (Å²) < 4.78 is 13.8. The van der Waals surface area contributed by atoms with Crippen LogP contribution in [0.15, 0.2) is 22.7 Å². The van der Waals surface area contributed by atoms with Gasteiger partial charge in [-0.2, -0.15) is 0 Å². The summed E-state index contributed by atoms with van der Waals surface area (Å²) in [5, 5.41) is 2.90. The van der Waals surface area contributed by atoms with E-state index in [1.54, 1.807) is 6.07 Å². The Bertz CT molecular complexity index is 447. The Morgan fingerprint density at radius 2 is 2.16 bits per heavy atom. The molecule has 0 bridgehead atoms. The van der Waals surface area contributed by atoms with Gasteiger partial charge in [-0.1, -0.05) is 38.3 Å². The van der Waals surface area contributed by atoms with Gasteiger partial charge >= 0.3 is 0 Å². The van der Waals surface area contributed by atoms with Gasteiger partial charge < -0.3 is 5.32 Å². The minimum Gasteiger partial charge on any atom is -0.352 e. The first-order valence-electron chi connectivity index (χ1n) is 6.43. The maximum absolute atomic E-state index is 13.2. The average Bonchev–Trinajstić information content (AvgIpc) is 2.35. The Morgan fingerprint density at radius 1 is 1.37 bits per heavy atom. The predicted octanol–water partition coefficient (Wildman–Crippen LogP) is 4.27. The van der Waals surface area contributed by atoms with E-state index in [9.17, 15) is 9.18 Å². The number of rotatable bonds is 3. The topological polar surface area (TPSA) is 29.1 Å². The lowest BCUT2D eigenvalue weighted by atomic mass is 9.89. The van der Waals surface area contributed by atoms with Gasteiger partial charge in [-0.25, -0.2) is 4.39 Å². The van der Waals surface area contributed by atoms with Crippen molar-refractivity contribution in [2.24, 2.45) is 5.92 Å². The van der Waals surface area contributed by atoms with Gasteiger partial charge in [0.2, 0.25) is 0 Å². The molecule has 5 heteroatoms. The number of amides is 1. The average molecular weight is 393 g/mol. The number of carbonyl (C=O) groups is 1. The highest BCUT2D eigenvalue weighted by Gasteiger charge is 2.20. The summed E-state index contributed by atoms with van der Waals surface area (Å²) in [7, 11) is 0. The van der Waals surface area contributed by atoms with Crippen LogP contribution in [0.25, 0.3) is 0 Å². The van der Waals surface area contributed by atoms with Crippen molar-refractivity contribution in [2.45, 2.75) is 30.5 Å². The number of hydrogen-bond acceptors (Lipinski definition) is 1. The Balaban J connectivity index is 1.90. The number of nitrogens with one attached hydrogen (secondary N) is 1. The molecule has 1 N–H and O–H groups in total. The highest BCUT2D eigenvalue weighted by molar-refractivity contribution is 9.10. The van der Waals surface area contributed by atoms with Crippen LogP contribution >= 0.6 is 31.9 Å². The molecule has 2 atom stereocenters. The lowest BCUT2D eigenvalue weighted by Crippen LogP contribution is -2.32. The molecule has 2 nitrogen and oxygen atoms in total. The summed E-state index contributed by atoms with van der Waals surface area (Å²) in [5.41, 5.74) is 0.359. The molecule has 2 rings (SSSR count). The normalized spacial score (nSPS) is 23.1. The van der Waals surface area contributed by atoms with Crippen molar-refractivity contribution in [1.82, 2.24) is 5.32 Å². The molecule has 0 aromatic heterocycles. The van der Waals surface area contributed by atoms with Crippen molar-refractivity contribution in [1.29, 1.82) is 0 Å². The summed E-state index contributed by atoms with van der Waals surface area (Å²) >= 11 is 6.82. The van der Waals surface area contributed by atoms with Crippen LogP contribution in [0, 0.1) is 11.7 Å². The summed E-state index contributed by atoms with van der Waals surface area (Å²) in [4.78, 5) is 12.5. The summed E-state index contributed by atoms with van der Waals surface area (Å²) in [6.45, 7) is 0.662. The van der Waals surface area contributed by atoms with E-state index in [0.29, 0.717) is 27.3 Å². The molecule has 1 amide bonds. The smallest absolute Gasteiger partial charge is 0.251 e. The number of alkyl halides is 1. The Morgan fingerprint density at radius 3 is 2.84 bits per heavy atom. The molecular formula is C14H16Br2FNO. The van der Waals surface area contributed by atoms with E-state index in [-0.39, 0.29) is 5.91 Å². The number of benzene rings is 1. The lowest BCUT2D eigenvalue weighted by molar-refractivity contribution is 0.0943. The molecule has 1 aromatic rings. The van der Waals surface area contributed by atoms with E-state index in [4.69, 9.17) is 0 Å². The molecule has 19 heavy (non-hydrogen) atoms. The first kappa shape index (κ1) is 15.0. The van der Waals surface area contributed by atoms with Gasteiger partial charge in [-0.3, -0.25) is 4.79 Å². The third-order valence-corrected chi connectivity index (χ3v) is 4.68. The maximum Gasteiger partial charge on any atom is 0.251 e. The minimum absolute atomic E-state index is 0.211. The molecule has 1 fully saturated rings. The molecule has 0 spiro atoms. The fourth-order valence-corrected chi connectivity index (χ4v) is 3.75. The zero-order chi connectivity index (χ0) is 13.8. The van der Waals surface area contributed by atoms with Crippen molar-refractivity contribution in [3.05, 3.63) is 34.1 Å². The first-order chi connectivity index (χ1) is 9.04. The van der Waals surface area contributed by atoms with Gasteiger partial charge in [0.15, 0.2) is 0 Å². The monoisotopic (exact) mass is 391 g/mol. The highest BCUT2D eigenvalue weighted by Crippen LogP contribution is 2.28. The van der Waals surface area contributed by atoms with E-state index >= 15 is 0 Å². The third-order valence-electron chi connectivity index (χ3n) is 3.39. The fraction of sp³-hybridized carbons (Fsp3) is 0.500. The first-order valence-corrected chi connectivity index (χ1v) is 8.14. The molecule has 1 aromatic carbocycles.